The molecule has 0 aromatic rings. The van der Waals surface area contributed by atoms with Crippen LogP contribution in [0.5, 0.6) is 0 Å². The number of hydrogen-bond donors (Lipinski definition) is 1. The Morgan fingerprint density at radius 3 is 2.00 bits per heavy atom. The van der Waals surface area contributed by atoms with Gasteiger partial charge in [0.2, 0.25) is 0 Å². The Balaban J connectivity index is 2.91. The molecule has 0 radical (unpaired) electrons. The Labute approximate surface area is 127 Å². The van der Waals surface area contributed by atoms with E-state index in [1.807, 2.05) is 7.11 Å². The molecule has 120 valence electrons. The van der Waals surface area contributed by atoms with Crippen molar-refractivity contribution in [2.24, 2.45) is 17.8 Å². The van der Waals surface area contributed by atoms with E-state index < -0.39 is 0 Å². The summed E-state index contributed by atoms with van der Waals surface area (Å²) in [5.74, 6) is 2.48. The SMILES string of the molecule is CCCNC(C1CC(C)CC(C)C1)C(CC)(CC)OC. The molecule has 1 rings (SSSR count). The summed E-state index contributed by atoms with van der Waals surface area (Å²) in [7, 11) is 1.91. The van der Waals surface area contributed by atoms with Crippen LogP contribution in [0.15, 0.2) is 0 Å². The molecular weight excluding hydrogens is 246 g/mol. The van der Waals surface area contributed by atoms with Crippen molar-refractivity contribution in [2.75, 3.05) is 13.7 Å². The molecule has 1 aliphatic carbocycles. The van der Waals surface area contributed by atoms with E-state index >= 15 is 0 Å². The van der Waals surface area contributed by atoms with Crippen LogP contribution >= 0.6 is 0 Å². The summed E-state index contributed by atoms with van der Waals surface area (Å²) < 4.78 is 6.06. The molecule has 1 N–H and O–H groups in total. The van der Waals surface area contributed by atoms with Gasteiger partial charge >= 0.3 is 0 Å². The smallest absolute Gasteiger partial charge is 0.0828 e. The average Bonchev–Trinajstić information content (AvgIpc) is 2.43. The van der Waals surface area contributed by atoms with Crippen molar-refractivity contribution in [1.29, 1.82) is 0 Å². The minimum Gasteiger partial charge on any atom is -0.377 e. The molecule has 0 heterocycles. The number of hydrogen-bond acceptors (Lipinski definition) is 2. The maximum absolute atomic E-state index is 6.06. The highest BCUT2D eigenvalue weighted by molar-refractivity contribution is 4.97. The fraction of sp³-hybridized carbons (Fsp3) is 1.00. The van der Waals surface area contributed by atoms with E-state index in [1.165, 1.54) is 25.7 Å². The van der Waals surface area contributed by atoms with Crippen LogP contribution in [0.4, 0.5) is 0 Å². The van der Waals surface area contributed by atoms with Gasteiger partial charge in [-0.3, -0.25) is 0 Å². The summed E-state index contributed by atoms with van der Waals surface area (Å²) in [6.07, 6.45) is 7.51. The molecule has 0 aliphatic heterocycles. The van der Waals surface area contributed by atoms with Gasteiger partial charge in [0, 0.05) is 13.2 Å². The molecular formula is C18H37NO. The number of ether oxygens (including phenoxy) is 1. The first-order chi connectivity index (χ1) is 9.52. The summed E-state index contributed by atoms with van der Waals surface area (Å²) in [4.78, 5) is 0. The van der Waals surface area contributed by atoms with E-state index in [-0.39, 0.29) is 5.60 Å². The molecule has 0 amide bonds. The molecule has 1 fully saturated rings. The highest BCUT2D eigenvalue weighted by atomic mass is 16.5. The van der Waals surface area contributed by atoms with E-state index in [4.69, 9.17) is 4.74 Å². The van der Waals surface area contributed by atoms with Gasteiger partial charge < -0.3 is 10.1 Å². The van der Waals surface area contributed by atoms with Crippen LogP contribution in [0.3, 0.4) is 0 Å². The van der Waals surface area contributed by atoms with Crippen LogP contribution in [-0.4, -0.2) is 25.3 Å². The molecule has 1 aliphatic rings. The zero-order chi connectivity index (χ0) is 15.2. The van der Waals surface area contributed by atoms with Crippen LogP contribution in [-0.2, 0) is 4.74 Å². The first kappa shape index (κ1) is 18.0. The first-order valence-electron chi connectivity index (χ1n) is 8.81. The molecule has 3 atom stereocenters. The Hall–Kier alpha value is -0.0800. The monoisotopic (exact) mass is 283 g/mol. The molecule has 3 unspecified atom stereocenters. The lowest BCUT2D eigenvalue weighted by atomic mass is 9.68. The van der Waals surface area contributed by atoms with E-state index in [0.29, 0.717) is 6.04 Å². The summed E-state index contributed by atoms with van der Waals surface area (Å²) in [5, 5.41) is 3.85. The standard InChI is InChI=1S/C18H37NO/c1-7-10-19-17(18(8-2,9-3)20-6)16-12-14(4)11-15(5)13-16/h14-17,19H,7-13H2,1-6H3. The van der Waals surface area contributed by atoms with Crippen LogP contribution < -0.4 is 5.32 Å². The molecule has 2 heteroatoms. The van der Waals surface area contributed by atoms with Crippen molar-refractivity contribution in [2.45, 2.75) is 84.8 Å². The number of methoxy groups -OCH3 is 1. The molecule has 2 nitrogen and oxygen atoms in total. The van der Waals surface area contributed by atoms with Gasteiger partial charge in [-0.2, -0.15) is 0 Å². The lowest BCUT2D eigenvalue weighted by Crippen LogP contribution is -2.56. The second-order valence-electron chi connectivity index (χ2n) is 7.09. The van der Waals surface area contributed by atoms with Crippen molar-refractivity contribution in [3.63, 3.8) is 0 Å². The van der Waals surface area contributed by atoms with E-state index in [2.05, 4.69) is 39.9 Å². The Morgan fingerprint density at radius 2 is 1.60 bits per heavy atom. The summed E-state index contributed by atoms with van der Waals surface area (Å²) in [5.41, 5.74) is 0.0105. The van der Waals surface area contributed by atoms with Gasteiger partial charge in [-0.1, -0.05) is 34.6 Å². The zero-order valence-electron chi connectivity index (χ0n) is 14.7. The van der Waals surface area contributed by atoms with Gasteiger partial charge in [-0.15, -0.1) is 0 Å². The van der Waals surface area contributed by atoms with Crippen molar-refractivity contribution in [3.8, 4) is 0 Å². The number of nitrogens with one attached hydrogen (secondary N) is 1. The summed E-state index contributed by atoms with van der Waals surface area (Å²) in [6.45, 7) is 12.8. The van der Waals surface area contributed by atoms with Crippen LogP contribution in [0.1, 0.15) is 73.1 Å². The lowest BCUT2D eigenvalue weighted by Gasteiger charge is -2.46. The second-order valence-corrected chi connectivity index (χ2v) is 7.09. The minimum atomic E-state index is 0.0105. The largest absolute Gasteiger partial charge is 0.377 e. The van der Waals surface area contributed by atoms with Crippen LogP contribution in [0.2, 0.25) is 0 Å². The third-order valence-corrected chi connectivity index (χ3v) is 5.47. The molecule has 0 saturated heterocycles. The fourth-order valence-electron chi connectivity index (χ4n) is 4.47. The summed E-state index contributed by atoms with van der Waals surface area (Å²) in [6, 6.07) is 0.507. The van der Waals surface area contributed by atoms with Gasteiger partial charge in [0.05, 0.1) is 5.60 Å². The van der Waals surface area contributed by atoms with Gasteiger partial charge in [-0.25, -0.2) is 0 Å². The normalized spacial score (nSPS) is 29.4. The van der Waals surface area contributed by atoms with E-state index in [0.717, 1.165) is 37.1 Å². The highest BCUT2D eigenvalue weighted by Gasteiger charge is 2.42. The average molecular weight is 283 g/mol. The van der Waals surface area contributed by atoms with Crippen molar-refractivity contribution in [1.82, 2.24) is 5.32 Å². The van der Waals surface area contributed by atoms with Crippen molar-refractivity contribution >= 4 is 0 Å². The Morgan fingerprint density at radius 1 is 1.05 bits per heavy atom. The Bertz CT molecular complexity index is 244. The van der Waals surface area contributed by atoms with Crippen LogP contribution in [0.25, 0.3) is 0 Å². The third-order valence-electron chi connectivity index (χ3n) is 5.47. The molecule has 0 aromatic heterocycles. The Kier molecular flexibility index (Phi) is 7.53. The van der Waals surface area contributed by atoms with Gasteiger partial charge in [0.1, 0.15) is 0 Å². The predicted octanol–water partition coefficient (Wildman–Crippen LogP) is 4.63. The molecule has 20 heavy (non-hydrogen) atoms. The van der Waals surface area contributed by atoms with Crippen molar-refractivity contribution < 1.29 is 4.74 Å². The molecule has 1 saturated carbocycles. The lowest BCUT2D eigenvalue weighted by molar-refractivity contribution is -0.0717. The molecule has 0 spiro atoms. The predicted molar refractivity (Wildman–Crippen MR) is 88.1 cm³/mol. The fourth-order valence-corrected chi connectivity index (χ4v) is 4.47. The maximum atomic E-state index is 6.06. The first-order valence-corrected chi connectivity index (χ1v) is 8.81. The third kappa shape index (κ3) is 4.21. The van der Waals surface area contributed by atoms with Gasteiger partial charge in [-0.05, 0) is 62.8 Å². The number of rotatable bonds is 8. The van der Waals surface area contributed by atoms with Crippen LogP contribution in [0, 0.1) is 17.8 Å². The topological polar surface area (TPSA) is 21.3 Å². The molecule has 0 aromatic carbocycles. The quantitative estimate of drug-likeness (QED) is 0.701. The maximum Gasteiger partial charge on any atom is 0.0828 e. The van der Waals surface area contributed by atoms with E-state index in [9.17, 15) is 0 Å². The molecule has 0 bridgehead atoms. The highest BCUT2D eigenvalue weighted by Crippen LogP contribution is 2.40. The van der Waals surface area contributed by atoms with Crippen molar-refractivity contribution in [3.05, 3.63) is 0 Å². The van der Waals surface area contributed by atoms with Gasteiger partial charge in [0.15, 0.2) is 0 Å². The minimum absolute atomic E-state index is 0.0105. The van der Waals surface area contributed by atoms with E-state index in [1.54, 1.807) is 0 Å². The van der Waals surface area contributed by atoms with Gasteiger partial charge in [0.25, 0.3) is 0 Å². The zero-order valence-corrected chi connectivity index (χ0v) is 14.7. The summed E-state index contributed by atoms with van der Waals surface area (Å²) >= 11 is 0. The second kappa shape index (κ2) is 8.38.